The van der Waals surface area contributed by atoms with E-state index in [1.807, 2.05) is 0 Å². The zero-order chi connectivity index (χ0) is 15.9. The normalized spacial score (nSPS) is 12.7. The van der Waals surface area contributed by atoms with Gasteiger partial charge in [-0.3, -0.25) is 4.79 Å². The number of carbonyl (C=O) groups is 2. The lowest BCUT2D eigenvalue weighted by Gasteiger charge is -2.15. The molecule has 0 radical (unpaired) electrons. The average Bonchev–Trinajstić information content (AvgIpc) is 2.40. The highest BCUT2D eigenvalue weighted by molar-refractivity contribution is 5.84. The van der Waals surface area contributed by atoms with Crippen molar-refractivity contribution in [3.63, 3.8) is 0 Å². The third-order valence-corrected chi connectivity index (χ3v) is 2.42. The largest absolute Gasteiger partial charge is 0.479 e. The summed E-state index contributed by atoms with van der Waals surface area (Å²) in [4.78, 5) is 22.6. The van der Waals surface area contributed by atoms with Gasteiger partial charge in [-0.15, -0.1) is 0 Å². The molecular weight excluding hydrogens is 291 g/mol. The van der Waals surface area contributed by atoms with E-state index in [0.717, 1.165) is 0 Å². The van der Waals surface area contributed by atoms with Gasteiger partial charge in [0.2, 0.25) is 5.91 Å². The number of carboxylic acids is 1. The number of hydrogen-bond acceptors (Lipinski definition) is 3. The molecule has 0 heterocycles. The second-order valence-corrected chi connectivity index (χ2v) is 4.17. The van der Waals surface area contributed by atoms with E-state index < -0.39 is 37.3 Å². The van der Waals surface area contributed by atoms with Gasteiger partial charge in [0.1, 0.15) is 6.61 Å². The molecule has 1 amide bonds. The number of benzene rings is 1. The maximum absolute atomic E-state index is 11.8. The van der Waals surface area contributed by atoms with Crippen LogP contribution in [-0.2, 0) is 14.3 Å². The van der Waals surface area contributed by atoms with Gasteiger partial charge in [-0.1, -0.05) is 30.3 Å². The molecule has 0 unspecified atom stereocenters. The molecule has 0 spiro atoms. The van der Waals surface area contributed by atoms with Gasteiger partial charge in [-0.25, -0.2) is 4.79 Å². The first-order valence-corrected chi connectivity index (χ1v) is 6.01. The van der Waals surface area contributed by atoms with E-state index in [1.165, 1.54) is 12.1 Å². The topological polar surface area (TPSA) is 75.6 Å². The molecule has 0 aliphatic carbocycles. The summed E-state index contributed by atoms with van der Waals surface area (Å²) < 4.78 is 39.7. The summed E-state index contributed by atoms with van der Waals surface area (Å²) in [5, 5.41) is 11.3. The number of carbonyl (C=O) groups excluding carboxylic acids is 1. The Labute approximate surface area is 118 Å². The third-order valence-electron chi connectivity index (χ3n) is 2.42. The minimum atomic E-state index is -4.45. The number of aliphatic carboxylic acids is 1. The lowest BCUT2D eigenvalue weighted by Crippen LogP contribution is -2.34. The molecule has 0 aliphatic heterocycles. The number of nitrogens with one attached hydrogen (secondary N) is 1. The Morgan fingerprint density at radius 2 is 1.86 bits per heavy atom. The molecule has 1 aromatic rings. The summed E-state index contributed by atoms with van der Waals surface area (Å²) in [6, 6.07) is 6.72. The smallest absolute Gasteiger partial charge is 0.411 e. The van der Waals surface area contributed by atoms with Crippen LogP contribution in [0, 0.1) is 0 Å². The first-order valence-electron chi connectivity index (χ1n) is 6.01. The van der Waals surface area contributed by atoms with Gasteiger partial charge in [0.15, 0.2) is 6.04 Å². The fourth-order valence-corrected chi connectivity index (χ4v) is 1.52. The summed E-state index contributed by atoms with van der Waals surface area (Å²) in [6.07, 6.45) is -4.81. The van der Waals surface area contributed by atoms with E-state index in [9.17, 15) is 22.8 Å². The van der Waals surface area contributed by atoms with E-state index in [0.29, 0.717) is 5.56 Å². The maximum Gasteiger partial charge on any atom is 0.411 e. The first kappa shape index (κ1) is 17.0. The van der Waals surface area contributed by atoms with Crippen LogP contribution in [0.25, 0.3) is 0 Å². The van der Waals surface area contributed by atoms with Crippen molar-refractivity contribution in [2.75, 3.05) is 13.2 Å². The predicted octanol–water partition coefficient (Wildman–Crippen LogP) is 1.90. The molecule has 1 aromatic carbocycles. The lowest BCUT2D eigenvalue weighted by atomic mass is 10.1. The molecule has 0 fully saturated rings. The van der Waals surface area contributed by atoms with Crippen molar-refractivity contribution in [3.8, 4) is 0 Å². The summed E-state index contributed by atoms with van der Waals surface area (Å²) in [5.74, 6) is -1.96. The van der Waals surface area contributed by atoms with Crippen LogP contribution >= 0.6 is 0 Å². The second-order valence-electron chi connectivity index (χ2n) is 4.17. The standard InChI is InChI=1S/C13H14F3NO4/c14-13(15,16)8-21-7-6-10(18)17-11(12(19)20)9-4-2-1-3-5-9/h1-5,11H,6-8H2,(H,17,18)(H,19,20)/t11-/m0/s1. The van der Waals surface area contributed by atoms with Gasteiger partial charge in [-0.2, -0.15) is 13.2 Å². The van der Waals surface area contributed by atoms with Crippen LogP contribution in [0.2, 0.25) is 0 Å². The summed E-state index contributed by atoms with van der Waals surface area (Å²) in [6.45, 7) is -1.88. The number of rotatable bonds is 7. The van der Waals surface area contributed by atoms with Gasteiger partial charge < -0.3 is 15.2 Å². The Kier molecular flexibility index (Phi) is 6.16. The van der Waals surface area contributed by atoms with Crippen molar-refractivity contribution in [2.24, 2.45) is 0 Å². The summed E-state index contributed by atoms with van der Waals surface area (Å²) >= 11 is 0. The third kappa shape index (κ3) is 6.75. The van der Waals surface area contributed by atoms with Crippen molar-refractivity contribution in [1.29, 1.82) is 0 Å². The Morgan fingerprint density at radius 3 is 2.38 bits per heavy atom. The molecule has 1 atom stereocenters. The van der Waals surface area contributed by atoms with E-state index >= 15 is 0 Å². The molecule has 0 aromatic heterocycles. The molecule has 0 aliphatic rings. The zero-order valence-corrected chi connectivity index (χ0v) is 10.9. The Hall–Kier alpha value is -2.09. The fourth-order valence-electron chi connectivity index (χ4n) is 1.52. The van der Waals surface area contributed by atoms with Crippen LogP contribution in [0.1, 0.15) is 18.0 Å². The maximum atomic E-state index is 11.8. The molecule has 0 saturated carbocycles. The van der Waals surface area contributed by atoms with Crippen LogP contribution in [0.5, 0.6) is 0 Å². The van der Waals surface area contributed by atoms with Crippen molar-refractivity contribution in [2.45, 2.75) is 18.6 Å². The van der Waals surface area contributed by atoms with Gasteiger partial charge >= 0.3 is 12.1 Å². The van der Waals surface area contributed by atoms with Crippen molar-refractivity contribution < 1.29 is 32.6 Å². The molecule has 0 saturated heterocycles. The number of hydrogen-bond donors (Lipinski definition) is 2. The van der Waals surface area contributed by atoms with Gasteiger partial charge in [0.25, 0.3) is 0 Å². The Balaban J connectivity index is 2.46. The second kappa shape index (κ2) is 7.63. The quantitative estimate of drug-likeness (QED) is 0.754. The van der Waals surface area contributed by atoms with Crippen LogP contribution in [0.4, 0.5) is 13.2 Å². The van der Waals surface area contributed by atoms with E-state index in [2.05, 4.69) is 10.1 Å². The fraction of sp³-hybridized carbons (Fsp3) is 0.385. The number of carboxylic acid groups (broad SMARTS) is 1. The van der Waals surface area contributed by atoms with Crippen LogP contribution in [0.15, 0.2) is 30.3 Å². The Bertz CT molecular complexity index is 476. The number of ether oxygens (including phenoxy) is 1. The molecule has 5 nitrogen and oxygen atoms in total. The monoisotopic (exact) mass is 305 g/mol. The van der Waals surface area contributed by atoms with E-state index in [1.54, 1.807) is 18.2 Å². The minimum Gasteiger partial charge on any atom is -0.479 e. The van der Waals surface area contributed by atoms with E-state index in [4.69, 9.17) is 5.11 Å². The zero-order valence-electron chi connectivity index (χ0n) is 10.9. The first-order chi connectivity index (χ1) is 9.79. The number of halogens is 3. The lowest BCUT2D eigenvalue weighted by molar-refractivity contribution is -0.174. The average molecular weight is 305 g/mol. The molecule has 2 N–H and O–H groups in total. The highest BCUT2D eigenvalue weighted by atomic mass is 19.4. The Morgan fingerprint density at radius 1 is 1.24 bits per heavy atom. The van der Waals surface area contributed by atoms with Crippen molar-refractivity contribution in [3.05, 3.63) is 35.9 Å². The highest BCUT2D eigenvalue weighted by Crippen LogP contribution is 2.15. The molecular formula is C13H14F3NO4. The molecule has 21 heavy (non-hydrogen) atoms. The highest BCUT2D eigenvalue weighted by Gasteiger charge is 2.27. The minimum absolute atomic E-state index is 0.354. The summed E-state index contributed by atoms with van der Waals surface area (Å²) in [7, 11) is 0. The number of alkyl halides is 3. The molecule has 8 heteroatoms. The number of amides is 1. The van der Waals surface area contributed by atoms with Crippen LogP contribution < -0.4 is 5.32 Å². The van der Waals surface area contributed by atoms with Crippen molar-refractivity contribution >= 4 is 11.9 Å². The molecule has 0 bridgehead atoms. The van der Waals surface area contributed by atoms with Gasteiger partial charge in [-0.05, 0) is 5.56 Å². The van der Waals surface area contributed by atoms with Crippen molar-refractivity contribution in [1.82, 2.24) is 5.32 Å². The van der Waals surface area contributed by atoms with Crippen LogP contribution in [-0.4, -0.2) is 36.4 Å². The van der Waals surface area contributed by atoms with E-state index in [-0.39, 0.29) is 6.42 Å². The molecule has 1 rings (SSSR count). The van der Waals surface area contributed by atoms with Gasteiger partial charge in [0, 0.05) is 6.42 Å². The molecule has 116 valence electrons. The summed E-state index contributed by atoms with van der Waals surface area (Å²) in [5.41, 5.74) is 0.370. The SMILES string of the molecule is O=C(CCOCC(F)(F)F)N[C@H](C(=O)O)c1ccccc1. The van der Waals surface area contributed by atoms with Crippen LogP contribution in [0.3, 0.4) is 0 Å². The van der Waals surface area contributed by atoms with Gasteiger partial charge in [0.05, 0.1) is 6.61 Å². The predicted molar refractivity (Wildman–Crippen MR) is 66.5 cm³/mol.